The SMILES string of the molecule is CN=C(NCc1ccoc1)NCC(C)(C)N1CC(C)OC(C)C1. The third kappa shape index (κ3) is 5.25. The molecule has 130 valence electrons. The van der Waals surface area contributed by atoms with E-state index in [0.717, 1.165) is 31.2 Å². The number of morpholine rings is 1. The molecule has 2 unspecified atom stereocenters. The van der Waals surface area contributed by atoms with Gasteiger partial charge < -0.3 is 19.8 Å². The average Bonchev–Trinajstić information content (AvgIpc) is 2.99. The standard InChI is InChI=1S/C17H30N4O2/c1-13-9-21(10-14(2)23-13)17(3,4)12-20-16(18-5)19-8-15-6-7-22-11-15/h6-7,11,13-14H,8-10,12H2,1-5H3,(H2,18,19,20). The molecule has 2 rings (SSSR count). The minimum Gasteiger partial charge on any atom is -0.472 e. The van der Waals surface area contributed by atoms with Crippen molar-refractivity contribution >= 4 is 5.96 Å². The molecule has 6 nitrogen and oxygen atoms in total. The van der Waals surface area contributed by atoms with Crippen LogP contribution in [0.1, 0.15) is 33.3 Å². The van der Waals surface area contributed by atoms with Crippen molar-refractivity contribution in [2.45, 2.75) is 52.0 Å². The van der Waals surface area contributed by atoms with Crippen molar-refractivity contribution in [1.82, 2.24) is 15.5 Å². The van der Waals surface area contributed by atoms with Crippen molar-refractivity contribution in [2.75, 3.05) is 26.7 Å². The van der Waals surface area contributed by atoms with Gasteiger partial charge in [0.05, 0.1) is 24.7 Å². The van der Waals surface area contributed by atoms with E-state index in [1.807, 2.05) is 6.07 Å². The number of rotatable bonds is 5. The molecule has 1 fully saturated rings. The number of nitrogens with one attached hydrogen (secondary N) is 2. The fourth-order valence-electron chi connectivity index (χ4n) is 2.88. The van der Waals surface area contributed by atoms with Crippen molar-refractivity contribution in [3.63, 3.8) is 0 Å². The molecule has 2 N–H and O–H groups in total. The zero-order chi connectivity index (χ0) is 16.9. The minimum absolute atomic E-state index is 0.0273. The highest BCUT2D eigenvalue weighted by Gasteiger charge is 2.33. The maximum Gasteiger partial charge on any atom is 0.191 e. The lowest BCUT2D eigenvalue weighted by Gasteiger charge is -2.45. The molecule has 0 spiro atoms. The molecule has 23 heavy (non-hydrogen) atoms. The lowest BCUT2D eigenvalue weighted by atomic mass is 10.00. The normalized spacial score (nSPS) is 23.8. The summed E-state index contributed by atoms with van der Waals surface area (Å²) in [6.45, 7) is 12.2. The second-order valence-corrected chi connectivity index (χ2v) is 6.89. The van der Waals surface area contributed by atoms with Crippen LogP contribution in [0.3, 0.4) is 0 Å². The van der Waals surface area contributed by atoms with E-state index >= 15 is 0 Å². The van der Waals surface area contributed by atoms with Crippen molar-refractivity contribution in [3.05, 3.63) is 24.2 Å². The Balaban J connectivity index is 1.84. The van der Waals surface area contributed by atoms with Gasteiger partial charge in [0.2, 0.25) is 0 Å². The Morgan fingerprint density at radius 3 is 2.57 bits per heavy atom. The summed E-state index contributed by atoms with van der Waals surface area (Å²) in [7, 11) is 1.79. The Morgan fingerprint density at radius 1 is 1.30 bits per heavy atom. The molecule has 0 saturated carbocycles. The van der Waals surface area contributed by atoms with E-state index in [0.29, 0.717) is 6.54 Å². The van der Waals surface area contributed by atoms with Crippen LogP contribution in [0, 0.1) is 0 Å². The predicted octanol–water partition coefficient (Wildman–Crippen LogP) is 1.83. The number of nitrogens with zero attached hydrogens (tertiary/aromatic N) is 2. The minimum atomic E-state index is 0.0273. The van der Waals surface area contributed by atoms with Gasteiger partial charge in [0.25, 0.3) is 0 Å². The summed E-state index contributed by atoms with van der Waals surface area (Å²) in [6.07, 6.45) is 3.96. The summed E-state index contributed by atoms with van der Waals surface area (Å²) < 4.78 is 10.9. The first-order chi connectivity index (χ1) is 10.9. The molecule has 1 saturated heterocycles. The van der Waals surface area contributed by atoms with Crippen molar-refractivity contribution in [3.8, 4) is 0 Å². The Morgan fingerprint density at radius 2 is 2.00 bits per heavy atom. The molecule has 1 aliphatic heterocycles. The smallest absolute Gasteiger partial charge is 0.191 e. The number of hydrogen-bond acceptors (Lipinski definition) is 4. The molecular weight excluding hydrogens is 292 g/mol. The van der Waals surface area contributed by atoms with Gasteiger partial charge in [0.1, 0.15) is 0 Å². The molecule has 0 aromatic carbocycles. The van der Waals surface area contributed by atoms with Gasteiger partial charge in [-0.25, -0.2) is 0 Å². The summed E-state index contributed by atoms with van der Waals surface area (Å²) >= 11 is 0. The fraction of sp³-hybridized carbons (Fsp3) is 0.706. The van der Waals surface area contributed by atoms with Crippen LogP contribution in [0.4, 0.5) is 0 Å². The molecule has 0 aliphatic carbocycles. The number of aliphatic imine (C=N–C) groups is 1. The molecule has 0 radical (unpaired) electrons. The number of hydrogen-bond donors (Lipinski definition) is 2. The van der Waals surface area contributed by atoms with Gasteiger partial charge in [0.15, 0.2) is 5.96 Å². The Labute approximate surface area is 139 Å². The zero-order valence-corrected chi connectivity index (χ0v) is 14.9. The zero-order valence-electron chi connectivity index (χ0n) is 14.9. The molecule has 6 heteroatoms. The first-order valence-corrected chi connectivity index (χ1v) is 8.27. The van der Waals surface area contributed by atoms with Crippen LogP contribution in [-0.4, -0.2) is 55.3 Å². The van der Waals surface area contributed by atoms with E-state index in [1.165, 1.54) is 0 Å². The van der Waals surface area contributed by atoms with Crippen LogP contribution in [0.15, 0.2) is 28.0 Å². The maximum atomic E-state index is 5.83. The fourth-order valence-corrected chi connectivity index (χ4v) is 2.88. The van der Waals surface area contributed by atoms with Gasteiger partial charge in [-0.2, -0.15) is 0 Å². The van der Waals surface area contributed by atoms with Crippen LogP contribution in [0.5, 0.6) is 0 Å². The molecular formula is C17H30N4O2. The third-order valence-corrected chi connectivity index (χ3v) is 4.23. The first-order valence-electron chi connectivity index (χ1n) is 8.27. The molecule has 1 aromatic heterocycles. The Kier molecular flexibility index (Phi) is 6.07. The third-order valence-electron chi connectivity index (χ3n) is 4.23. The summed E-state index contributed by atoms with van der Waals surface area (Å²) in [5, 5.41) is 6.73. The van der Waals surface area contributed by atoms with E-state index in [2.05, 4.69) is 48.2 Å². The molecule has 0 bridgehead atoms. The topological polar surface area (TPSA) is 62.0 Å². The van der Waals surface area contributed by atoms with Gasteiger partial charge in [-0.3, -0.25) is 9.89 Å². The molecule has 2 heterocycles. The van der Waals surface area contributed by atoms with Gasteiger partial charge in [0, 0.05) is 44.3 Å². The second kappa shape index (κ2) is 7.84. The van der Waals surface area contributed by atoms with Crippen LogP contribution < -0.4 is 10.6 Å². The monoisotopic (exact) mass is 322 g/mol. The van der Waals surface area contributed by atoms with E-state index < -0.39 is 0 Å². The summed E-state index contributed by atoms with van der Waals surface area (Å²) in [6, 6.07) is 1.95. The summed E-state index contributed by atoms with van der Waals surface area (Å²) in [5.74, 6) is 0.800. The number of furan rings is 1. The van der Waals surface area contributed by atoms with Crippen LogP contribution in [0.25, 0.3) is 0 Å². The molecule has 1 aliphatic rings. The Bertz CT molecular complexity index is 489. The maximum absolute atomic E-state index is 5.83. The van der Waals surface area contributed by atoms with Gasteiger partial charge in [-0.1, -0.05) is 0 Å². The Hall–Kier alpha value is -1.53. The van der Waals surface area contributed by atoms with Gasteiger partial charge in [-0.15, -0.1) is 0 Å². The van der Waals surface area contributed by atoms with Crippen molar-refractivity contribution in [2.24, 2.45) is 4.99 Å². The predicted molar refractivity (Wildman–Crippen MR) is 92.6 cm³/mol. The number of ether oxygens (including phenoxy) is 1. The van der Waals surface area contributed by atoms with Crippen LogP contribution in [0.2, 0.25) is 0 Å². The molecule has 0 amide bonds. The largest absolute Gasteiger partial charge is 0.472 e. The summed E-state index contributed by atoms with van der Waals surface area (Å²) in [5.41, 5.74) is 1.13. The summed E-state index contributed by atoms with van der Waals surface area (Å²) in [4.78, 5) is 6.77. The lowest BCUT2D eigenvalue weighted by molar-refractivity contribution is -0.0946. The van der Waals surface area contributed by atoms with E-state index in [9.17, 15) is 0 Å². The highest BCUT2D eigenvalue weighted by atomic mass is 16.5. The van der Waals surface area contributed by atoms with E-state index in [-0.39, 0.29) is 17.7 Å². The van der Waals surface area contributed by atoms with Crippen molar-refractivity contribution in [1.29, 1.82) is 0 Å². The quantitative estimate of drug-likeness (QED) is 0.640. The van der Waals surface area contributed by atoms with Gasteiger partial charge >= 0.3 is 0 Å². The average molecular weight is 322 g/mol. The molecule has 2 atom stereocenters. The highest BCUT2D eigenvalue weighted by Crippen LogP contribution is 2.20. The lowest BCUT2D eigenvalue weighted by Crippen LogP contribution is -2.59. The van der Waals surface area contributed by atoms with Crippen LogP contribution in [-0.2, 0) is 11.3 Å². The number of guanidine groups is 1. The van der Waals surface area contributed by atoms with Crippen molar-refractivity contribution < 1.29 is 9.15 Å². The van der Waals surface area contributed by atoms with E-state index in [1.54, 1.807) is 19.6 Å². The first kappa shape index (κ1) is 17.8. The highest BCUT2D eigenvalue weighted by molar-refractivity contribution is 5.79. The van der Waals surface area contributed by atoms with E-state index in [4.69, 9.17) is 9.15 Å². The van der Waals surface area contributed by atoms with Crippen LogP contribution >= 0.6 is 0 Å². The molecule has 1 aromatic rings. The van der Waals surface area contributed by atoms with Gasteiger partial charge in [-0.05, 0) is 33.8 Å². The second-order valence-electron chi connectivity index (χ2n) is 6.89.